The van der Waals surface area contributed by atoms with Gasteiger partial charge in [-0.25, -0.2) is 14.2 Å². The number of benzene rings is 1. The van der Waals surface area contributed by atoms with Crippen LogP contribution >= 0.6 is 11.3 Å². The van der Waals surface area contributed by atoms with Crippen molar-refractivity contribution in [3.63, 3.8) is 0 Å². The van der Waals surface area contributed by atoms with Gasteiger partial charge in [0.2, 0.25) is 0 Å². The summed E-state index contributed by atoms with van der Waals surface area (Å²) in [7, 11) is 0. The minimum absolute atomic E-state index is 0.185. The van der Waals surface area contributed by atoms with E-state index in [2.05, 4.69) is 16.9 Å². The highest BCUT2D eigenvalue weighted by molar-refractivity contribution is 7.18. The van der Waals surface area contributed by atoms with E-state index in [4.69, 9.17) is 4.74 Å². The molecule has 2 aromatic heterocycles. The Hall–Kier alpha value is -2.80. The predicted molar refractivity (Wildman–Crippen MR) is 111 cm³/mol. The van der Waals surface area contributed by atoms with E-state index < -0.39 is 12.1 Å². The molecule has 1 N–H and O–H groups in total. The average molecular weight is 412 g/mol. The third kappa shape index (κ3) is 4.15. The van der Waals surface area contributed by atoms with Gasteiger partial charge in [0.1, 0.15) is 10.6 Å². The fourth-order valence-corrected chi connectivity index (χ4v) is 4.99. The van der Waals surface area contributed by atoms with Gasteiger partial charge in [-0.15, -0.1) is 11.3 Å². The Morgan fingerprint density at radius 2 is 2.28 bits per heavy atom. The quantitative estimate of drug-likeness (QED) is 0.503. The maximum Gasteiger partial charge on any atom is 0.331 e. The van der Waals surface area contributed by atoms with Crippen molar-refractivity contribution in [2.45, 2.75) is 39.2 Å². The van der Waals surface area contributed by atoms with Crippen molar-refractivity contribution in [2.75, 3.05) is 0 Å². The smallest absolute Gasteiger partial charge is 0.331 e. The molecule has 7 heteroatoms. The van der Waals surface area contributed by atoms with Gasteiger partial charge < -0.3 is 9.72 Å². The molecular weight excluding hydrogens is 391 g/mol. The summed E-state index contributed by atoms with van der Waals surface area (Å²) < 4.78 is 18.6. The number of carbonyl (C=O) groups is 1. The number of rotatable bonds is 4. The van der Waals surface area contributed by atoms with Crippen LogP contribution in [0.5, 0.6) is 0 Å². The number of nitrogens with one attached hydrogen (secondary N) is 1. The molecule has 0 saturated carbocycles. The molecule has 3 aromatic rings. The molecular formula is C22H21FN2O3S. The molecule has 150 valence electrons. The van der Waals surface area contributed by atoms with E-state index in [9.17, 15) is 14.0 Å². The van der Waals surface area contributed by atoms with Gasteiger partial charge in [-0.3, -0.25) is 4.79 Å². The number of nitrogens with zero attached hydrogens (tertiary/aromatic N) is 1. The Bertz CT molecular complexity index is 1160. The molecule has 1 aliphatic rings. The maximum atomic E-state index is 13.2. The van der Waals surface area contributed by atoms with Crippen LogP contribution in [0.15, 0.2) is 35.1 Å². The normalized spacial score (nSPS) is 17.4. The third-order valence-electron chi connectivity index (χ3n) is 5.12. The van der Waals surface area contributed by atoms with Gasteiger partial charge >= 0.3 is 5.97 Å². The second kappa shape index (κ2) is 7.91. The lowest BCUT2D eigenvalue weighted by molar-refractivity contribution is -0.142. The van der Waals surface area contributed by atoms with E-state index in [1.54, 1.807) is 30.4 Å². The van der Waals surface area contributed by atoms with Gasteiger partial charge in [-0.05, 0) is 61.4 Å². The Morgan fingerprint density at radius 3 is 3.07 bits per heavy atom. The van der Waals surface area contributed by atoms with Crippen LogP contribution in [0.1, 0.15) is 48.2 Å². The lowest BCUT2D eigenvalue weighted by atomic mass is 9.89. The van der Waals surface area contributed by atoms with E-state index in [0.717, 1.165) is 24.8 Å². The summed E-state index contributed by atoms with van der Waals surface area (Å²) >= 11 is 1.56. The standard InChI is InChI=1S/C22H21FN2O3S/c1-12-6-8-16-17(10-12)29-22-19(16)21(27)24-20(25-22)13(2)28-18(26)9-7-14-4-3-5-15(23)11-14/h3-5,7,9,11-13H,6,8,10H2,1-2H3,(H,24,25,27)/b9-7+/t12-,13-/m0/s1. The number of hydrogen-bond donors (Lipinski definition) is 1. The fourth-order valence-electron chi connectivity index (χ4n) is 3.60. The second-order valence-corrected chi connectivity index (χ2v) is 8.53. The van der Waals surface area contributed by atoms with Crippen molar-refractivity contribution in [3.05, 3.63) is 68.3 Å². The van der Waals surface area contributed by atoms with Gasteiger partial charge in [0.05, 0.1) is 5.39 Å². The van der Waals surface area contributed by atoms with Gasteiger partial charge in [-0.1, -0.05) is 19.1 Å². The number of hydrogen-bond acceptors (Lipinski definition) is 5. The maximum absolute atomic E-state index is 13.2. The molecule has 0 spiro atoms. The molecule has 29 heavy (non-hydrogen) atoms. The van der Waals surface area contributed by atoms with Crippen LogP contribution in [0, 0.1) is 11.7 Å². The molecule has 0 radical (unpaired) electrons. The van der Waals surface area contributed by atoms with E-state index >= 15 is 0 Å². The zero-order valence-corrected chi connectivity index (χ0v) is 17.0. The minimum atomic E-state index is -0.713. The number of fused-ring (bicyclic) bond motifs is 3. The zero-order valence-electron chi connectivity index (χ0n) is 16.2. The first kappa shape index (κ1) is 19.5. The van der Waals surface area contributed by atoms with Gasteiger partial charge in [0.25, 0.3) is 5.56 Å². The highest BCUT2D eigenvalue weighted by atomic mass is 32.1. The summed E-state index contributed by atoms with van der Waals surface area (Å²) in [5.41, 5.74) is 1.49. The van der Waals surface area contributed by atoms with Gasteiger partial charge in [0.15, 0.2) is 11.9 Å². The number of aromatic amines is 1. The molecule has 4 rings (SSSR count). The average Bonchev–Trinajstić information content (AvgIpc) is 3.04. The minimum Gasteiger partial charge on any atom is -0.451 e. The summed E-state index contributed by atoms with van der Waals surface area (Å²) in [6.07, 6.45) is 4.94. The molecule has 0 unspecified atom stereocenters. The molecule has 1 aromatic carbocycles. The number of ether oxygens (including phenoxy) is 1. The van der Waals surface area contributed by atoms with Crippen LogP contribution in [-0.4, -0.2) is 15.9 Å². The Kier molecular flexibility index (Phi) is 5.32. The molecule has 0 bridgehead atoms. The lowest BCUT2D eigenvalue weighted by Crippen LogP contribution is -2.17. The number of carbonyl (C=O) groups excluding carboxylic acids is 1. The molecule has 1 aliphatic carbocycles. The van der Waals surface area contributed by atoms with Gasteiger partial charge in [-0.2, -0.15) is 0 Å². The van der Waals surface area contributed by atoms with Crippen LogP contribution in [0.25, 0.3) is 16.3 Å². The fraction of sp³-hybridized carbons (Fsp3) is 0.318. The van der Waals surface area contributed by atoms with Crippen LogP contribution in [-0.2, 0) is 22.4 Å². The number of halogens is 1. The third-order valence-corrected chi connectivity index (χ3v) is 6.27. The summed E-state index contributed by atoms with van der Waals surface area (Å²) in [5.74, 6) is -0.0404. The van der Waals surface area contributed by atoms with Crippen molar-refractivity contribution in [2.24, 2.45) is 5.92 Å². The summed E-state index contributed by atoms with van der Waals surface area (Å²) in [5, 5.41) is 0.671. The van der Waals surface area contributed by atoms with Crippen LogP contribution in [0.2, 0.25) is 0 Å². The molecule has 5 nitrogen and oxygen atoms in total. The van der Waals surface area contributed by atoms with Crippen LogP contribution in [0.4, 0.5) is 4.39 Å². The summed E-state index contributed by atoms with van der Waals surface area (Å²) in [6, 6.07) is 5.90. The molecule has 2 heterocycles. The van der Waals surface area contributed by atoms with E-state index in [1.165, 1.54) is 29.2 Å². The first-order valence-corrected chi connectivity index (χ1v) is 10.4. The Labute approximate surface area is 171 Å². The van der Waals surface area contributed by atoms with Crippen LogP contribution < -0.4 is 5.56 Å². The zero-order chi connectivity index (χ0) is 20.5. The van der Waals surface area contributed by atoms with E-state index in [0.29, 0.717) is 27.5 Å². The van der Waals surface area contributed by atoms with Crippen molar-refractivity contribution < 1.29 is 13.9 Å². The molecule has 2 atom stereocenters. The molecule has 0 amide bonds. The first-order chi connectivity index (χ1) is 13.9. The van der Waals surface area contributed by atoms with Gasteiger partial charge in [0, 0.05) is 11.0 Å². The highest BCUT2D eigenvalue weighted by Crippen LogP contribution is 2.35. The number of aryl methyl sites for hydroxylation is 1. The second-order valence-electron chi connectivity index (χ2n) is 7.45. The van der Waals surface area contributed by atoms with Crippen molar-refractivity contribution in [1.29, 1.82) is 0 Å². The monoisotopic (exact) mass is 412 g/mol. The first-order valence-electron chi connectivity index (χ1n) is 9.59. The Morgan fingerprint density at radius 1 is 1.45 bits per heavy atom. The number of H-pyrrole nitrogens is 1. The summed E-state index contributed by atoms with van der Waals surface area (Å²) in [4.78, 5) is 34.0. The summed E-state index contributed by atoms with van der Waals surface area (Å²) in [6.45, 7) is 3.88. The number of aromatic nitrogens is 2. The number of thiophene rings is 1. The van der Waals surface area contributed by atoms with Crippen molar-refractivity contribution in [1.82, 2.24) is 9.97 Å². The Balaban J connectivity index is 1.53. The topological polar surface area (TPSA) is 72.0 Å². The SMILES string of the molecule is C[C@H]1CCc2c(sc3nc([C@H](C)OC(=O)/C=C/c4cccc(F)c4)[nH]c(=O)c23)C1. The predicted octanol–water partition coefficient (Wildman–Crippen LogP) is 4.57. The largest absolute Gasteiger partial charge is 0.451 e. The van der Waals surface area contributed by atoms with Crippen LogP contribution in [0.3, 0.4) is 0 Å². The molecule has 0 fully saturated rings. The van der Waals surface area contributed by atoms with Crippen molar-refractivity contribution in [3.8, 4) is 0 Å². The lowest BCUT2D eigenvalue weighted by Gasteiger charge is -2.17. The molecule has 0 aliphatic heterocycles. The van der Waals surface area contributed by atoms with E-state index in [-0.39, 0.29) is 11.4 Å². The number of esters is 1. The molecule has 0 saturated heterocycles. The van der Waals surface area contributed by atoms with Crippen molar-refractivity contribution >= 4 is 33.6 Å². The highest BCUT2D eigenvalue weighted by Gasteiger charge is 2.24. The van der Waals surface area contributed by atoms with E-state index in [1.807, 2.05) is 0 Å².